The molecule has 1 aromatic rings. The van der Waals surface area contributed by atoms with Crippen molar-refractivity contribution in [3.8, 4) is 0 Å². The molecule has 0 radical (unpaired) electrons. The first-order valence-electron chi connectivity index (χ1n) is 4.20. The van der Waals surface area contributed by atoms with Crippen LogP contribution in [0.3, 0.4) is 0 Å². The average molecular weight is 216 g/mol. The van der Waals surface area contributed by atoms with E-state index in [1.54, 1.807) is 0 Å². The fourth-order valence-electron chi connectivity index (χ4n) is 0.889. The minimum atomic E-state index is -0.722. The van der Waals surface area contributed by atoms with Crippen molar-refractivity contribution in [3.63, 3.8) is 0 Å². The van der Waals surface area contributed by atoms with Crippen molar-refractivity contribution >= 4 is 5.91 Å². The standard InChI is InChI=1S/C7H12N4O4/c8-6(14)7-9-3-10-11(7)4-15-5(1-12)2-13/h3,5,12-13H,1-2,4H2,(H2,8,14). The van der Waals surface area contributed by atoms with Crippen LogP contribution in [-0.2, 0) is 11.5 Å². The lowest BCUT2D eigenvalue weighted by atomic mass is 10.4. The highest BCUT2D eigenvalue weighted by Crippen LogP contribution is 1.96. The third kappa shape index (κ3) is 2.98. The van der Waals surface area contributed by atoms with Crippen LogP contribution in [0.5, 0.6) is 0 Å². The van der Waals surface area contributed by atoms with Crippen molar-refractivity contribution in [2.24, 2.45) is 5.73 Å². The minimum absolute atomic E-state index is 0.0374. The van der Waals surface area contributed by atoms with Gasteiger partial charge in [-0.2, -0.15) is 5.10 Å². The van der Waals surface area contributed by atoms with E-state index in [1.165, 1.54) is 0 Å². The minimum Gasteiger partial charge on any atom is -0.394 e. The van der Waals surface area contributed by atoms with E-state index in [-0.39, 0.29) is 25.8 Å². The predicted molar refractivity (Wildman–Crippen MR) is 47.6 cm³/mol. The molecule has 8 heteroatoms. The predicted octanol–water partition coefficient (Wildman–Crippen LogP) is -2.30. The maximum atomic E-state index is 10.8. The van der Waals surface area contributed by atoms with Gasteiger partial charge in [0, 0.05) is 0 Å². The summed E-state index contributed by atoms with van der Waals surface area (Å²) in [5.41, 5.74) is 5.01. The summed E-state index contributed by atoms with van der Waals surface area (Å²) in [5, 5.41) is 21.1. The number of aliphatic hydroxyl groups is 2. The Bertz CT molecular complexity index is 323. The topological polar surface area (TPSA) is 123 Å². The number of aliphatic hydroxyl groups excluding tert-OH is 2. The van der Waals surface area contributed by atoms with Crippen LogP contribution in [0.4, 0.5) is 0 Å². The molecule has 0 aromatic carbocycles. The first-order chi connectivity index (χ1) is 7.19. The summed E-state index contributed by atoms with van der Waals surface area (Å²) >= 11 is 0. The number of nitrogens with two attached hydrogens (primary N) is 1. The monoisotopic (exact) mass is 216 g/mol. The molecule has 0 aliphatic carbocycles. The second kappa shape index (κ2) is 5.39. The summed E-state index contributed by atoms with van der Waals surface area (Å²) in [4.78, 5) is 14.4. The van der Waals surface area contributed by atoms with Gasteiger partial charge in [0.25, 0.3) is 5.91 Å². The Hall–Kier alpha value is -1.51. The zero-order valence-corrected chi connectivity index (χ0v) is 7.91. The van der Waals surface area contributed by atoms with Gasteiger partial charge in [-0.3, -0.25) is 4.79 Å². The maximum absolute atomic E-state index is 10.8. The smallest absolute Gasteiger partial charge is 0.286 e. The summed E-state index contributed by atoms with van der Waals surface area (Å²) in [6.45, 7) is -0.752. The maximum Gasteiger partial charge on any atom is 0.286 e. The van der Waals surface area contributed by atoms with Gasteiger partial charge in [0.1, 0.15) is 19.2 Å². The van der Waals surface area contributed by atoms with Crippen molar-refractivity contribution in [1.82, 2.24) is 14.8 Å². The first kappa shape index (κ1) is 11.6. The lowest BCUT2D eigenvalue weighted by molar-refractivity contribution is -0.0541. The fourth-order valence-corrected chi connectivity index (χ4v) is 0.889. The molecule has 0 saturated carbocycles. The zero-order valence-electron chi connectivity index (χ0n) is 7.91. The third-order valence-electron chi connectivity index (χ3n) is 1.68. The highest BCUT2D eigenvalue weighted by atomic mass is 16.5. The van der Waals surface area contributed by atoms with E-state index in [9.17, 15) is 4.79 Å². The number of nitrogens with zero attached hydrogens (tertiary/aromatic N) is 3. The molecule has 0 unspecified atom stereocenters. The summed E-state index contributed by atoms with van der Waals surface area (Å²) in [6, 6.07) is 0. The highest BCUT2D eigenvalue weighted by Gasteiger charge is 2.12. The number of amides is 1. The first-order valence-corrected chi connectivity index (χ1v) is 4.20. The number of ether oxygens (including phenoxy) is 1. The van der Waals surface area contributed by atoms with E-state index in [1.807, 2.05) is 0 Å². The number of rotatable bonds is 6. The number of aromatic nitrogens is 3. The van der Waals surface area contributed by atoms with Gasteiger partial charge < -0.3 is 20.7 Å². The number of hydrogen-bond acceptors (Lipinski definition) is 6. The van der Waals surface area contributed by atoms with Gasteiger partial charge in [-0.15, -0.1) is 0 Å². The second-order valence-electron chi connectivity index (χ2n) is 2.73. The van der Waals surface area contributed by atoms with Crippen molar-refractivity contribution in [3.05, 3.63) is 12.2 Å². The normalized spacial score (nSPS) is 10.9. The van der Waals surface area contributed by atoms with E-state index in [4.69, 9.17) is 20.7 Å². The molecule has 1 amide bonds. The van der Waals surface area contributed by atoms with Crippen LogP contribution in [0.15, 0.2) is 6.33 Å². The zero-order chi connectivity index (χ0) is 11.3. The Morgan fingerprint density at radius 1 is 1.60 bits per heavy atom. The van der Waals surface area contributed by atoms with Crippen LogP contribution in [0.1, 0.15) is 10.6 Å². The van der Waals surface area contributed by atoms with E-state index < -0.39 is 12.0 Å². The van der Waals surface area contributed by atoms with Crippen molar-refractivity contribution < 1.29 is 19.7 Å². The summed E-state index contributed by atoms with van der Waals surface area (Å²) in [7, 11) is 0. The molecule has 84 valence electrons. The van der Waals surface area contributed by atoms with Crippen molar-refractivity contribution in [2.45, 2.75) is 12.8 Å². The molecule has 0 saturated heterocycles. The molecule has 0 aliphatic rings. The Morgan fingerprint density at radius 3 is 2.80 bits per heavy atom. The molecule has 1 aromatic heterocycles. The van der Waals surface area contributed by atoms with Gasteiger partial charge in [-0.25, -0.2) is 9.67 Å². The SMILES string of the molecule is NC(=O)c1ncnn1COC(CO)CO. The van der Waals surface area contributed by atoms with Gasteiger partial charge in [-0.1, -0.05) is 0 Å². The van der Waals surface area contributed by atoms with Gasteiger partial charge in [0.15, 0.2) is 0 Å². The molecule has 4 N–H and O–H groups in total. The molecule has 0 spiro atoms. The number of primary amides is 1. The second-order valence-corrected chi connectivity index (χ2v) is 2.73. The van der Waals surface area contributed by atoms with Crippen LogP contribution in [0, 0.1) is 0 Å². The largest absolute Gasteiger partial charge is 0.394 e. The highest BCUT2D eigenvalue weighted by molar-refractivity contribution is 5.88. The summed E-state index contributed by atoms with van der Waals surface area (Å²) in [5.74, 6) is -0.759. The number of hydrogen-bond donors (Lipinski definition) is 3. The molecule has 1 heterocycles. The molecule has 15 heavy (non-hydrogen) atoms. The van der Waals surface area contributed by atoms with E-state index >= 15 is 0 Å². The average Bonchev–Trinajstić information content (AvgIpc) is 2.67. The van der Waals surface area contributed by atoms with E-state index in [0.29, 0.717) is 0 Å². The van der Waals surface area contributed by atoms with Crippen LogP contribution < -0.4 is 5.73 Å². The lowest BCUT2D eigenvalue weighted by Gasteiger charge is -2.12. The molecule has 0 atom stereocenters. The molecule has 8 nitrogen and oxygen atoms in total. The van der Waals surface area contributed by atoms with Crippen LogP contribution in [0.25, 0.3) is 0 Å². The fraction of sp³-hybridized carbons (Fsp3) is 0.571. The lowest BCUT2D eigenvalue weighted by Crippen LogP contribution is -2.26. The molecular formula is C7H12N4O4. The van der Waals surface area contributed by atoms with Crippen molar-refractivity contribution in [1.29, 1.82) is 0 Å². The van der Waals surface area contributed by atoms with Gasteiger partial charge in [0.2, 0.25) is 5.82 Å². The summed E-state index contributed by atoms with van der Waals surface area (Å²) in [6.07, 6.45) is 0.450. The van der Waals surface area contributed by atoms with Gasteiger partial charge >= 0.3 is 0 Å². The number of carbonyl (C=O) groups excluding carboxylic acids is 1. The molecule has 0 bridgehead atoms. The molecule has 0 fully saturated rings. The quantitative estimate of drug-likeness (QED) is 0.491. The molecule has 1 rings (SSSR count). The summed E-state index contributed by atoms with van der Waals surface area (Å²) < 4.78 is 6.17. The van der Waals surface area contributed by atoms with E-state index in [2.05, 4.69) is 10.1 Å². The Balaban J connectivity index is 2.57. The number of carbonyl (C=O) groups is 1. The van der Waals surface area contributed by atoms with E-state index in [0.717, 1.165) is 11.0 Å². The Morgan fingerprint density at radius 2 is 2.27 bits per heavy atom. The Kier molecular flexibility index (Phi) is 4.16. The van der Waals surface area contributed by atoms with Gasteiger partial charge in [-0.05, 0) is 0 Å². The van der Waals surface area contributed by atoms with Crippen molar-refractivity contribution in [2.75, 3.05) is 13.2 Å². The van der Waals surface area contributed by atoms with Crippen LogP contribution in [0.2, 0.25) is 0 Å². The molecular weight excluding hydrogens is 204 g/mol. The third-order valence-corrected chi connectivity index (χ3v) is 1.68. The van der Waals surface area contributed by atoms with Gasteiger partial charge in [0.05, 0.1) is 13.2 Å². The van der Waals surface area contributed by atoms with Crippen LogP contribution in [-0.4, -0.2) is 50.2 Å². The Labute approximate surface area is 85.3 Å². The molecule has 0 aliphatic heterocycles. The van der Waals surface area contributed by atoms with Crippen LogP contribution >= 0.6 is 0 Å².